The van der Waals surface area contributed by atoms with Gasteiger partial charge in [0.1, 0.15) is 13.1 Å². The number of quaternary nitrogens is 1. The van der Waals surface area contributed by atoms with Crippen molar-refractivity contribution in [3.63, 3.8) is 0 Å². The smallest absolute Gasteiger partial charge is 0.259 e. The summed E-state index contributed by atoms with van der Waals surface area (Å²) >= 11 is 1.76. The van der Waals surface area contributed by atoms with Crippen LogP contribution in [-0.2, 0) is 13.1 Å². The van der Waals surface area contributed by atoms with Crippen molar-refractivity contribution >= 4 is 22.2 Å². The fraction of sp³-hybridized carbons (Fsp3) is 0.333. The van der Waals surface area contributed by atoms with Crippen LogP contribution in [0.4, 0.5) is 0 Å². The summed E-state index contributed by atoms with van der Waals surface area (Å²) in [4.78, 5) is 22.5. The van der Waals surface area contributed by atoms with E-state index in [2.05, 4.69) is 35.4 Å². The molecule has 0 saturated heterocycles. The summed E-state index contributed by atoms with van der Waals surface area (Å²) in [5.41, 5.74) is 1.75. The molecule has 2 aromatic heterocycles. The fourth-order valence-corrected chi connectivity index (χ4v) is 3.83. The number of aromatic amines is 1. The Morgan fingerprint density at radius 1 is 1.20 bits per heavy atom. The highest BCUT2D eigenvalue weighted by molar-refractivity contribution is 7.10. The summed E-state index contributed by atoms with van der Waals surface area (Å²) in [5.74, 6) is 1.75. The number of H-pyrrole nitrogens is 1. The van der Waals surface area contributed by atoms with Gasteiger partial charge in [-0.25, -0.2) is 4.98 Å². The summed E-state index contributed by atoms with van der Waals surface area (Å²) in [6.45, 7) is 3.66. The van der Waals surface area contributed by atoms with Crippen LogP contribution in [0.2, 0.25) is 0 Å². The Bertz CT molecular complexity index is 948. The molecule has 0 aliphatic carbocycles. The minimum absolute atomic E-state index is 0.166. The second kappa shape index (κ2) is 7.25. The molecular formula is C18H22N3O3S+. The van der Waals surface area contributed by atoms with Crippen LogP contribution in [0, 0.1) is 6.92 Å². The van der Waals surface area contributed by atoms with E-state index in [0.29, 0.717) is 34.8 Å². The highest BCUT2D eigenvalue weighted by Gasteiger charge is 2.14. The lowest BCUT2D eigenvalue weighted by atomic mass is 10.2. The van der Waals surface area contributed by atoms with Gasteiger partial charge < -0.3 is 19.4 Å². The number of thiophene rings is 1. The highest BCUT2D eigenvalue weighted by Crippen LogP contribution is 2.29. The van der Waals surface area contributed by atoms with E-state index in [-0.39, 0.29) is 5.56 Å². The summed E-state index contributed by atoms with van der Waals surface area (Å²) in [5, 5.41) is 2.60. The van der Waals surface area contributed by atoms with Gasteiger partial charge in [0.25, 0.3) is 5.56 Å². The average Bonchev–Trinajstić information content (AvgIpc) is 2.98. The van der Waals surface area contributed by atoms with Gasteiger partial charge in [-0.1, -0.05) is 0 Å². The number of aryl methyl sites for hydroxylation is 1. The van der Waals surface area contributed by atoms with Crippen molar-refractivity contribution in [3.05, 3.63) is 50.2 Å². The first-order valence-electron chi connectivity index (χ1n) is 8.01. The highest BCUT2D eigenvalue weighted by atomic mass is 32.1. The lowest BCUT2D eigenvalue weighted by Crippen LogP contribution is -3.06. The number of aromatic nitrogens is 2. The third-order valence-corrected chi connectivity index (χ3v) is 5.18. The molecule has 2 N–H and O–H groups in total. The molecule has 0 aliphatic rings. The molecule has 1 unspecified atom stereocenters. The van der Waals surface area contributed by atoms with E-state index in [1.807, 2.05) is 0 Å². The van der Waals surface area contributed by atoms with Crippen molar-refractivity contribution < 1.29 is 14.4 Å². The van der Waals surface area contributed by atoms with Gasteiger partial charge in [0.05, 0.1) is 37.0 Å². The molecule has 0 bridgehead atoms. The van der Waals surface area contributed by atoms with Gasteiger partial charge in [-0.3, -0.25) is 4.79 Å². The SMILES string of the molecule is COc1cc2nc(C[NH+](C)Cc3sccc3C)[nH]c(=O)c2cc1OC. The molecule has 0 spiro atoms. The molecule has 1 aromatic carbocycles. The molecule has 132 valence electrons. The third kappa shape index (κ3) is 3.67. The first kappa shape index (κ1) is 17.4. The van der Waals surface area contributed by atoms with Crippen molar-refractivity contribution in [2.45, 2.75) is 20.0 Å². The Labute approximate surface area is 150 Å². The number of rotatable bonds is 6. The Hall–Kier alpha value is -2.38. The van der Waals surface area contributed by atoms with Crippen molar-refractivity contribution in [3.8, 4) is 11.5 Å². The minimum Gasteiger partial charge on any atom is -0.493 e. The Kier molecular flexibility index (Phi) is 5.06. The zero-order valence-electron chi connectivity index (χ0n) is 14.8. The Balaban J connectivity index is 1.89. The number of nitrogens with one attached hydrogen (secondary N) is 2. The van der Waals surface area contributed by atoms with Crippen LogP contribution >= 0.6 is 11.3 Å². The van der Waals surface area contributed by atoms with Crippen LogP contribution in [-0.4, -0.2) is 31.2 Å². The van der Waals surface area contributed by atoms with Crippen LogP contribution < -0.4 is 19.9 Å². The standard InChI is InChI=1S/C18H21N3O3S/c1-11-5-6-25-16(11)9-21(2)10-17-19-13-8-15(24-4)14(23-3)7-12(13)18(22)20-17/h5-8H,9-10H2,1-4H3,(H,19,20,22)/p+1. The summed E-state index contributed by atoms with van der Waals surface area (Å²) in [6.07, 6.45) is 0. The van der Waals surface area contributed by atoms with Crippen LogP contribution in [0.1, 0.15) is 16.3 Å². The quantitative estimate of drug-likeness (QED) is 0.699. The van der Waals surface area contributed by atoms with E-state index in [1.54, 1.807) is 37.7 Å². The second-order valence-electron chi connectivity index (χ2n) is 6.07. The molecule has 1 atom stereocenters. The zero-order chi connectivity index (χ0) is 18.0. The third-order valence-electron chi connectivity index (χ3n) is 4.16. The number of nitrogens with zero attached hydrogens (tertiary/aromatic N) is 1. The van der Waals surface area contributed by atoms with Crippen molar-refractivity contribution in [2.24, 2.45) is 0 Å². The van der Waals surface area contributed by atoms with Gasteiger partial charge in [0.15, 0.2) is 17.3 Å². The molecule has 2 heterocycles. The fourth-order valence-electron chi connectivity index (χ4n) is 2.81. The lowest BCUT2D eigenvalue weighted by Gasteiger charge is -2.14. The number of benzene rings is 1. The molecule has 0 fully saturated rings. The first-order chi connectivity index (χ1) is 12.0. The number of hydrogen-bond donors (Lipinski definition) is 2. The summed E-state index contributed by atoms with van der Waals surface area (Å²) in [7, 11) is 5.21. The average molecular weight is 360 g/mol. The number of ether oxygens (including phenoxy) is 2. The second-order valence-corrected chi connectivity index (χ2v) is 7.08. The van der Waals surface area contributed by atoms with E-state index >= 15 is 0 Å². The van der Waals surface area contributed by atoms with Gasteiger partial charge in [0, 0.05) is 6.07 Å². The van der Waals surface area contributed by atoms with E-state index < -0.39 is 0 Å². The maximum absolute atomic E-state index is 12.4. The van der Waals surface area contributed by atoms with E-state index in [9.17, 15) is 4.79 Å². The van der Waals surface area contributed by atoms with Crippen LogP contribution in [0.25, 0.3) is 10.9 Å². The molecule has 0 aliphatic heterocycles. The molecule has 7 heteroatoms. The lowest BCUT2D eigenvalue weighted by molar-refractivity contribution is -0.908. The number of hydrogen-bond acceptors (Lipinski definition) is 5. The van der Waals surface area contributed by atoms with E-state index in [1.165, 1.54) is 15.3 Å². The van der Waals surface area contributed by atoms with Gasteiger partial charge in [-0.15, -0.1) is 11.3 Å². The normalized spacial score (nSPS) is 12.3. The molecule has 25 heavy (non-hydrogen) atoms. The van der Waals surface area contributed by atoms with Gasteiger partial charge in [-0.2, -0.15) is 0 Å². The summed E-state index contributed by atoms with van der Waals surface area (Å²) < 4.78 is 10.6. The maximum Gasteiger partial charge on any atom is 0.259 e. The molecular weight excluding hydrogens is 338 g/mol. The van der Waals surface area contributed by atoms with E-state index in [0.717, 1.165) is 6.54 Å². The summed E-state index contributed by atoms with van der Waals surface area (Å²) in [6, 6.07) is 5.53. The molecule has 3 rings (SSSR count). The predicted octanol–water partition coefficient (Wildman–Crippen LogP) is 1.53. The minimum atomic E-state index is -0.166. The van der Waals surface area contributed by atoms with E-state index in [4.69, 9.17) is 9.47 Å². The molecule has 3 aromatic rings. The molecule has 6 nitrogen and oxygen atoms in total. The zero-order valence-corrected chi connectivity index (χ0v) is 15.6. The monoisotopic (exact) mass is 360 g/mol. The number of fused-ring (bicyclic) bond motifs is 1. The van der Waals surface area contributed by atoms with Crippen molar-refractivity contribution in [1.29, 1.82) is 0 Å². The topological polar surface area (TPSA) is 68.7 Å². The molecule has 0 radical (unpaired) electrons. The van der Waals surface area contributed by atoms with Crippen LogP contribution in [0.3, 0.4) is 0 Å². The largest absolute Gasteiger partial charge is 0.493 e. The predicted molar refractivity (Wildman–Crippen MR) is 98.8 cm³/mol. The Morgan fingerprint density at radius 3 is 2.56 bits per heavy atom. The maximum atomic E-state index is 12.4. The van der Waals surface area contributed by atoms with Gasteiger partial charge in [0.2, 0.25) is 0 Å². The van der Waals surface area contributed by atoms with Crippen molar-refractivity contribution in [2.75, 3.05) is 21.3 Å². The van der Waals surface area contributed by atoms with Crippen molar-refractivity contribution in [1.82, 2.24) is 9.97 Å². The molecule has 0 saturated carbocycles. The first-order valence-corrected chi connectivity index (χ1v) is 8.89. The molecule has 0 amide bonds. The van der Waals surface area contributed by atoms with Gasteiger partial charge >= 0.3 is 0 Å². The van der Waals surface area contributed by atoms with Crippen LogP contribution in [0.5, 0.6) is 11.5 Å². The number of methoxy groups -OCH3 is 2. The van der Waals surface area contributed by atoms with Gasteiger partial charge in [-0.05, 0) is 30.0 Å². The van der Waals surface area contributed by atoms with Crippen LogP contribution in [0.15, 0.2) is 28.4 Å². The Morgan fingerprint density at radius 2 is 1.92 bits per heavy atom.